The first kappa shape index (κ1) is 18.0. The summed E-state index contributed by atoms with van der Waals surface area (Å²) in [5, 5.41) is -0.480. The molecule has 0 saturated carbocycles. The molecule has 2 heterocycles. The van der Waals surface area contributed by atoms with Crippen LogP contribution < -0.4 is 0 Å². The lowest BCUT2D eigenvalue weighted by molar-refractivity contribution is -0.134. The number of aromatic nitrogens is 2. The highest BCUT2D eigenvalue weighted by atomic mass is 32.2. The van der Waals surface area contributed by atoms with Crippen molar-refractivity contribution in [3.8, 4) is 11.3 Å². The second-order valence-electron chi connectivity index (χ2n) is 6.73. The predicted octanol–water partition coefficient (Wildman–Crippen LogP) is 3.21. The van der Waals surface area contributed by atoms with Gasteiger partial charge in [0, 0.05) is 6.54 Å². The molecule has 2 aromatic rings. The minimum Gasteiger partial charge on any atom is -0.616 e. The van der Waals surface area contributed by atoms with Gasteiger partial charge in [0.05, 0.1) is 24.2 Å². The van der Waals surface area contributed by atoms with Crippen LogP contribution in [0.5, 0.6) is 0 Å². The van der Waals surface area contributed by atoms with Gasteiger partial charge in [0.1, 0.15) is 5.82 Å². The van der Waals surface area contributed by atoms with Crippen molar-refractivity contribution in [2.24, 2.45) is 0 Å². The summed E-state index contributed by atoms with van der Waals surface area (Å²) in [5.41, 5.74) is 3.26. The Morgan fingerprint density at radius 2 is 2.08 bits per heavy atom. The summed E-state index contributed by atoms with van der Waals surface area (Å²) in [6, 6.07) is 8.22. The summed E-state index contributed by atoms with van der Waals surface area (Å²) in [6.45, 7) is 4.50. The van der Waals surface area contributed by atoms with Gasteiger partial charge in [-0.15, -0.1) is 0 Å². The van der Waals surface area contributed by atoms with E-state index in [0.717, 1.165) is 36.3 Å². The molecule has 0 spiro atoms. The van der Waals surface area contributed by atoms with Crippen molar-refractivity contribution in [3.63, 3.8) is 0 Å². The first-order chi connectivity index (χ1) is 12.0. The Morgan fingerprint density at radius 1 is 1.36 bits per heavy atom. The lowest BCUT2D eigenvalue weighted by atomic mass is 10.0. The summed E-state index contributed by atoms with van der Waals surface area (Å²) in [7, 11) is 0. The number of aryl methyl sites for hydroxylation is 1. The highest BCUT2D eigenvalue weighted by molar-refractivity contribution is 7.92. The zero-order valence-corrected chi connectivity index (χ0v) is 15.8. The molecule has 3 rings (SSSR count). The molecule has 1 saturated heterocycles. The fraction of sp³-hybridized carbons (Fsp3) is 0.474. The van der Waals surface area contributed by atoms with E-state index in [-0.39, 0.29) is 11.9 Å². The number of likely N-dealkylation sites (tertiary alicyclic amines) is 1. The third-order valence-electron chi connectivity index (χ3n) is 4.91. The maximum absolute atomic E-state index is 12.7. The van der Waals surface area contributed by atoms with E-state index >= 15 is 0 Å². The van der Waals surface area contributed by atoms with Crippen LogP contribution in [0.1, 0.15) is 43.6 Å². The van der Waals surface area contributed by atoms with E-state index in [0.29, 0.717) is 6.54 Å². The van der Waals surface area contributed by atoms with Crippen LogP contribution in [0.2, 0.25) is 0 Å². The number of carbonyl (C=O) groups is 1. The molecular formula is C19H25N3O2S. The van der Waals surface area contributed by atoms with E-state index < -0.39 is 16.4 Å². The van der Waals surface area contributed by atoms with E-state index in [1.54, 1.807) is 13.2 Å². The number of imidazole rings is 1. The molecule has 6 heteroatoms. The van der Waals surface area contributed by atoms with Crippen LogP contribution in [0, 0.1) is 6.92 Å². The van der Waals surface area contributed by atoms with Gasteiger partial charge in [-0.05, 0) is 49.8 Å². The standard InChI is InChI=1S/C19H25N3O2S/c1-13-7-9-15(10-8-13)16-12-20-18(21-16)17-6-4-5-11-22(17)19(23)14(2)25(3)24/h7-10,12,14,17H,4-6,11H2,1-3H3,(H,20,21). The zero-order chi connectivity index (χ0) is 18.0. The minimum absolute atomic E-state index is 0.0428. The normalized spacial score (nSPS) is 20.3. The molecular weight excluding hydrogens is 334 g/mol. The number of amides is 1. The lowest BCUT2D eigenvalue weighted by Gasteiger charge is -2.35. The number of hydrogen-bond acceptors (Lipinski definition) is 3. The monoisotopic (exact) mass is 359 g/mol. The van der Waals surface area contributed by atoms with Gasteiger partial charge in [-0.3, -0.25) is 4.79 Å². The van der Waals surface area contributed by atoms with Gasteiger partial charge in [-0.2, -0.15) is 0 Å². The first-order valence-corrected chi connectivity index (χ1v) is 10.3. The third kappa shape index (κ3) is 3.90. The summed E-state index contributed by atoms with van der Waals surface area (Å²) < 4.78 is 11.7. The molecule has 1 aliphatic heterocycles. The van der Waals surface area contributed by atoms with Crippen molar-refractivity contribution in [2.45, 2.75) is 44.4 Å². The Balaban J connectivity index is 1.83. The van der Waals surface area contributed by atoms with Gasteiger partial charge in [0.15, 0.2) is 5.25 Å². The maximum atomic E-state index is 12.7. The largest absolute Gasteiger partial charge is 0.616 e. The Kier molecular flexibility index (Phi) is 5.49. The Bertz CT molecular complexity index is 727. The second-order valence-corrected chi connectivity index (χ2v) is 8.44. The number of nitrogens with one attached hydrogen (secondary N) is 1. The quantitative estimate of drug-likeness (QED) is 0.852. The van der Waals surface area contributed by atoms with E-state index in [4.69, 9.17) is 0 Å². The number of aromatic amines is 1. The Labute approximate surface area is 152 Å². The van der Waals surface area contributed by atoms with Crippen LogP contribution in [0.4, 0.5) is 0 Å². The van der Waals surface area contributed by atoms with Gasteiger partial charge in [-0.25, -0.2) is 4.98 Å². The number of nitrogens with zero attached hydrogens (tertiary/aromatic N) is 2. The van der Waals surface area contributed by atoms with Crippen LogP contribution in [0.15, 0.2) is 30.5 Å². The lowest BCUT2D eigenvalue weighted by Crippen LogP contribution is -2.45. The smallest absolute Gasteiger partial charge is 0.275 e. The Hall–Kier alpha value is -1.79. The van der Waals surface area contributed by atoms with E-state index in [1.807, 2.05) is 11.1 Å². The number of H-pyrrole nitrogens is 1. The third-order valence-corrected chi connectivity index (χ3v) is 6.10. The highest BCUT2D eigenvalue weighted by Gasteiger charge is 2.35. The molecule has 1 N–H and O–H groups in total. The van der Waals surface area contributed by atoms with Crippen molar-refractivity contribution in [1.82, 2.24) is 14.9 Å². The predicted molar refractivity (Wildman–Crippen MR) is 101 cm³/mol. The number of benzene rings is 1. The van der Waals surface area contributed by atoms with Gasteiger partial charge < -0.3 is 14.4 Å². The topological polar surface area (TPSA) is 72.1 Å². The molecule has 134 valence electrons. The molecule has 3 atom stereocenters. The van der Waals surface area contributed by atoms with Crippen molar-refractivity contribution in [2.75, 3.05) is 12.8 Å². The molecule has 1 fully saturated rings. The molecule has 0 aliphatic carbocycles. The molecule has 0 bridgehead atoms. The molecule has 1 amide bonds. The minimum atomic E-state index is -1.16. The zero-order valence-electron chi connectivity index (χ0n) is 15.0. The molecule has 1 aliphatic rings. The summed E-state index contributed by atoms with van der Waals surface area (Å²) in [4.78, 5) is 22.5. The summed E-state index contributed by atoms with van der Waals surface area (Å²) >= 11 is -1.16. The average molecular weight is 359 g/mol. The molecule has 0 radical (unpaired) electrons. The SMILES string of the molecule is Cc1ccc(-c2cnc(C3CCCCN3C(=O)C(C)[S+](C)[O-])[nH]2)cc1. The fourth-order valence-electron chi connectivity index (χ4n) is 3.24. The van der Waals surface area contributed by atoms with Gasteiger partial charge >= 0.3 is 0 Å². The molecule has 25 heavy (non-hydrogen) atoms. The van der Waals surface area contributed by atoms with Crippen LogP contribution in [-0.4, -0.2) is 43.4 Å². The van der Waals surface area contributed by atoms with Crippen molar-refractivity contribution >= 4 is 17.1 Å². The summed E-state index contributed by atoms with van der Waals surface area (Å²) in [6.07, 6.45) is 6.35. The second kappa shape index (κ2) is 7.62. The number of rotatable bonds is 4. The van der Waals surface area contributed by atoms with Crippen molar-refractivity contribution in [1.29, 1.82) is 0 Å². The van der Waals surface area contributed by atoms with E-state index in [2.05, 4.69) is 41.2 Å². The van der Waals surface area contributed by atoms with Gasteiger partial charge in [0.2, 0.25) is 0 Å². The van der Waals surface area contributed by atoms with Crippen LogP contribution >= 0.6 is 0 Å². The van der Waals surface area contributed by atoms with Crippen LogP contribution in [-0.2, 0) is 16.0 Å². The highest BCUT2D eigenvalue weighted by Crippen LogP contribution is 2.31. The molecule has 1 aromatic heterocycles. The summed E-state index contributed by atoms with van der Waals surface area (Å²) in [5.74, 6) is 0.775. The number of piperidine rings is 1. The molecule has 1 aromatic carbocycles. The van der Waals surface area contributed by atoms with Crippen molar-refractivity contribution in [3.05, 3.63) is 41.9 Å². The fourth-order valence-corrected chi connectivity index (χ4v) is 3.66. The van der Waals surface area contributed by atoms with Crippen molar-refractivity contribution < 1.29 is 9.35 Å². The van der Waals surface area contributed by atoms with Gasteiger partial charge in [0.25, 0.3) is 5.91 Å². The maximum Gasteiger partial charge on any atom is 0.275 e. The van der Waals surface area contributed by atoms with E-state index in [1.165, 1.54) is 5.56 Å². The van der Waals surface area contributed by atoms with Crippen LogP contribution in [0.3, 0.4) is 0 Å². The molecule has 5 nitrogen and oxygen atoms in total. The molecule has 3 unspecified atom stereocenters. The number of hydrogen-bond donors (Lipinski definition) is 1. The number of carbonyl (C=O) groups excluding carboxylic acids is 1. The van der Waals surface area contributed by atoms with Crippen LogP contribution in [0.25, 0.3) is 11.3 Å². The Morgan fingerprint density at radius 3 is 2.76 bits per heavy atom. The average Bonchev–Trinajstić information content (AvgIpc) is 3.11. The first-order valence-electron chi connectivity index (χ1n) is 8.72. The van der Waals surface area contributed by atoms with Gasteiger partial charge in [-0.1, -0.05) is 29.8 Å². The van der Waals surface area contributed by atoms with E-state index in [9.17, 15) is 9.35 Å².